The molecular formula is C29H21Cl2NO4S. The Morgan fingerprint density at radius 2 is 1.32 bits per heavy atom. The third-order valence-electron chi connectivity index (χ3n) is 5.24. The minimum atomic E-state index is -4.15. The van der Waals surface area contributed by atoms with Crippen LogP contribution < -0.4 is 4.72 Å². The largest absolute Gasteiger partial charge is 0.372 e. The Hall–Kier alpha value is -3.60. The van der Waals surface area contributed by atoms with Gasteiger partial charge < -0.3 is 4.74 Å². The summed E-state index contributed by atoms with van der Waals surface area (Å²) in [6, 6.07) is 28.0. The number of hydrogen-bond acceptors (Lipinski definition) is 4. The second kappa shape index (κ2) is 12.1. The van der Waals surface area contributed by atoms with Gasteiger partial charge in [0.25, 0.3) is 15.9 Å². The molecule has 4 aromatic rings. The molecule has 0 radical (unpaired) electrons. The fourth-order valence-electron chi connectivity index (χ4n) is 3.32. The monoisotopic (exact) mass is 549 g/mol. The summed E-state index contributed by atoms with van der Waals surface area (Å²) in [6.45, 7) is 0.741. The minimum absolute atomic E-state index is 0.0740. The molecule has 0 unspecified atom stereocenters. The molecule has 0 heterocycles. The Kier molecular flexibility index (Phi) is 8.65. The number of carbonyl (C=O) groups is 1. The van der Waals surface area contributed by atoms with Gasteiger partial charge in [-0.05, 0) is 65.7 Å². The average molecular weight is 550 g/mol. The van der Waals surface area contributed by atoms with Gasteiger partial charge in [-0.1, -0.05) is 77.5 Å². The summed E-state index contributed by atoms with van der Waals surface area (Å²) in [7, 11) is -4.15. The highest BCUT2D eigenvalue weighted by Gasteiger charge is 2.21. The van der Waals surface area contributed by atoms with Crippen molar-refractivity contribution in [2.24, 2.45) is 0 Å². The lowest BCUT2D eigenvalue weighted by atomic mass is 10.1. The molecule has 0 aliphatic rings. The molecule has 8 heteroatoms. The highest BCUT2D eigenvalue weighted by Crippen LogP contribution is 2.25. The first-order chi connectivity index (χ1) is 17.8. The van der Waals surface area contributed by atoms with E-state index < -0.39 is 15.9 Å². The molecule has 1 N–H and O–H groups in total. The zero-order chi connectivity index (χ0) is 26.3. The van der Waals surface area contributed by atoms with Crippen LogP contribution in [0.15, 0.2) is 102 Å². The minimum Gasteiger partial charge on any atom is -0.372 e. The van der Waals surface area contributed by atoms with Crippen molar-refractivity contribution in [1.82, 2.24) is 4.72 Å². The van der Waals surface area contributed by atoms with Gasteiger partial charge >= 0.3 is 0 Å². The van der Waals surface area contributed by atoms with Crippen LogP contribution in [-0.4, -0.2) is 14.3 Å². The van der Waals surface area contributed by atoms with Gasteiger partial charge in [-0.15, -0.1) is 0 Å². The Labute approximate surface area is 226 Å². The van der Waals surface area contributed by atoms with Gasteiger partial charge in [0, 0.05) is 21.7 Å². The fraction of sp³-hybridized carbons (Fsp3) is 0.0690. The van der Waals surface area contributed by atoms with Gasteiger partial charge in [0.2, 0.25) is 0 Å². The number of rotatable bonds is 7. The highest BCUT2D eigenvalue weighted by molar-refractivity contribution is 7.90. The van der Waals surface area contributed by atoms with Crippen molar-refractivity contribution in [3.05, 3.63) is 135 Å². The number of hydrogen-bond donors (Lipinski definition) is 1. The van der Waals surface area contributed by atoms with Gasteiger partial charge in [-0.2, -0.15) is 0 Å². The second-order valence-electron chi connectivity index (χ2n) is 8.01. The fourth-order valence-corrected chi connectivity index (χ4v) is 5.07. The van der Waals surface area contributed by atoms with Crippen molar-refractivity contribution in [3.63, 3.8) is 0 Å². The topological polar surface area (TPSA) is 72.5 Å². The van der Waals surface area contributed by atoms with Crippen molar-refractivity contribution < 1.29 is 17.9 Å². The Morgan fingerprint density at radius 1 is 0.757 bits per heavy atom. The number of nitrogens with one attached hydrogen (secondary N) is 1. The molecule has 0 saturated carbocycles. The molecule has 0 spiro atoms. The number of carbonyl (C=O) groups excluding carboxylic acids is 1. The van der Waals surface area contributed by atoms with Gasteiger partial charge in [0.1, 0.15) is 4.90 Å². The number of sulfonamides is 1. The molecule has 0 fully saturated rings. The molecule has 37 heavy (non-hydrogen) atoms. The Bertz CT molecular complexity index is 1560. The van der Waals surface area contributed by atoms with Crippen LogP contribution in [0, 0.1) is 11.8 Å². The standard InChI is InChI=1S/C29H21Cl2NO4S/c30-26-16-17-28(27(31)18-26)37(34,35)32-29(33)25-14-12-24(13-15-25)20-36-19-23-10-8-22(9-11-23)7-6-21-4-2-1-3-5-21/h1-5,8-18H,19-20H2,(H,32,33). The third kappa shape index (κ3) is 7.45. The van der Waals surface area contributed by atoms with Gasteiger partial charge in [-0.25, -0.2) is 13.1 Å². The van der Waals surface area contributed by atoms with Crippen LogP contribution in [0.5, 0.6) is 0 Å². The van der Waals surface area contributed by atoms with E-state index in [0.29, 0.717) is 18.2 Å². The lowest BCUT2D eigenvalue weighted by Gasteiger charge is -2.09. The molecule has 0 saturated heterocycles. The summed E-state index contributed by atoms with van der Waals surface area (Å²) in [5, 5.41) is 0.216. The van der Waals surface area contributed by atoms with E-state index in [1.165, 1.54) is 30.3 Å². The maximum atomic E-state index is 12.5. The number of ether oxygens (including phenoxy) is 1. The van der Waals surface area contributed by atoms with Crippen LogP contribution >= 0.6 is 23.2 Å². The van der Waals surface area contributed by atoms with Gasteiger partial charge in [0.05, 0.1) is 18.2 Å². The van der Waals surface area contributed by atoms with Crippen LogP contribution in [0.1, 0.15) is 32.6 Å². The summed E-state index contributed by atoms with van der Waals surface area (Å²) < 4.78 is 32.9. The summed E-state index contributed by atoms with van der Waals surface area (Å²) in [4.78, 5) is 12.2. The molecule has 0 aliphatic heterocycles. The SMILES string of the molecule is O=C(NS(=O)(=O)c1ccc(Cl)cc1Cl)c1ccc(COCc2ccc(C#Cc3ccccc3)cc2)cc1. The molecule has 0 aromatic heterocycles. The summed E-state index contributed by atoms with van der Waals surface area (Å²) >= 11 is 11.8. The van der Waals surface area contributed by atoms with Crippen LogP contribution in [0.25, 0.3) is 0 Å². The van der Waals surface area contributed by atoms with Crippen LogP contribution in [0.2, 0.25) is 10.0 Å². The first-order valence-electron chi connectivity index (χ1n) is 11.1. The van der Waals surface area contributed by atoms with E-state index in [2.05, 4.69) is 11.8 Å². The quantitative estimate of drug-likeness (QED) is 0.277. The third-order valence-corrected chi connectivity index (χ3v) is 7.29. The lowest BCUT2D eigenvalue weighted by Crippen LogP contribution is -2.30. The van der Waals surface area contributed by atoms with Crippen molar-refractivity contribution in [2.75, 3.05) is 0 Å². The number of amides is 1. The molecule has 0 bridgehead atoms. The highest BCUT2D eigenvalue weighted by atomic mass is 35.5. The molecule has 0 atom stereocenters. The average Bonchev–Trinajstić information content (AvgIpc) is 2.89. The van der Waals surface area contributed by atoms with E-state index >= 15 is 0 Å². The summed E-state index contributed by atoms with van der Waals surface area (Å²) in [5.41, 5.74) is 3.91. The second-order valence-corrected chi connectivity index (χ2v) is 10.5. The smallest absolute Gasteiger partial charge is 0.265 e. The van der Waals surface area contributed by atoms with Crippen molar-refractivity contribution in [2.45, 2.75) is 18.1 Å². The van der Waals surface area contributed by atoms with E-state index in [4.69, 9.17) is 27.9 Å². The van der Waals surface area contributed by atoms with Crippen LogP contribution in [0.4, 0.5) is 0 Å². The molecule has 186 valence electrons. The maximum Gasteiger partial charge on any atom is 0.265 e. The van der Waals surface area contributed by atoms with Crippen LogP contribution in [-0.2, 0) is 28.0 Å². The molecule has 4 rings (SSSR count). The summed E-state index contributed by atoms with van der Waals surface area (Å²) in [5.74, 6) is 5.50. The Balaban J connectivity index is 1.29. The van der Waals surface area contributed by atoms with Crippen molar-refractivity contribution in [3.8, 4) is 11.8 Å². The van der Waals surface area contributed by atoms with E-state index in [1.807, 2.05) is 59.3 Å². The molecule has 1 amide bonds. The zero-order valence-electron chi connectivity index (χ0n) is 19.4. The number of benzene rings is 4. The predicted octanol–water partition coefficient (Wildman–Crippen LogP) is 6.23. The predicted molar refractivity (Wildman–Crippen MR) is 145 cm³/mol. The van der Waals surface area contributed by atoms with Gasteiger partial charge in [0.15, 0.2) is 0 Å². The number of halogens is 2. The Morgan fingerprint density at radius 3 is 1.92 bits per heavy atom. The molecule has 5 nitrogen and oxygen atoms in total. The van der Waals surface area contributed by atoms with E-state index in [9.17, 15) is 13.2 Å². The van der Waals surface area contributed by atoms with Crippen LogP contribution in [0.3, 0.4) is 0 Å². The van der Waals surface area contributed by atoms with E-state index in [-0.39, 0.29) is 15.5 Å². The van der Waals surface area contributed by atoms with E-state index in [1.54, 1.807) is 12.1 Å². The summed E-state index contributed by atoms with van der Waals surface area (Å²) in [6.07, 6.45) is 0. The van der Waals surface area contributed by atoms with Crippen molar-refractivity contribution >= 4 is 39.1 Å². The first kappa shape index (κ1) is 26.5. The first-order valence-corrected chi connectivity index (χ1v) is 13.4. The molecular weight excluding hydrogens is 529 g/mol. The molecule has 0 aliphatic carbocycles. The maximum absolute atomic E-state index is 12.5. The van der Waals surface area contributed by atoms with E-state index in [0.717, 1.165) is 22.3 Å². The molecule has 4 aromatic carbocycles. The van der Waals surface area contributed by atoms with Crippen molar-refractivity contribution in [1.29, 1.82) is 0 Å². The lowest BCUT2D eigenvalue weighted by molar-refractivity contribution is 0.0980. The van der Waals surface area contributed by atoms with Gasteiger partial charge in [-0.3, -0.25) is 4.79 Å². The normalized spacial score (nSPS) is 10.9. The zero-order valence-corrected chi connectivity index (χ0v) is 21.8.